The van der Waals surface area contributed by atoms with Gasteiger partial charge in [0.2, 0.25) is 5.95 Å². The fourth-order valence-electron chi connectivity index (χ4n) is 3.19. The summed E-state index contributed by atoms with van der Waals surface area (Å²) in [5, 5.41) is 2.09. The normalized spacial score (nSPS) is 11.2. The second-order valence-electron chi connectivity index (χ2n) is 6.01. The topological polar surface area (TPSA) is 80.1 Å². The van der Waals surface area contributed by atoms with E-state index in [1.807, 2.05) is 48.3 Å². The maximum atomic E-state index is 5.96. The molecule has 0 unspecified atom stereocenters. The Morgan fingerprint density at radius 1 is 1.04 bits per heavy atom. The number of fused-ring (bicyclic) bond motifs is 3. The Bertz CT molecular complexity index is 1070. The van der Waals surface area contributed by atoms with E-state index in [2.05, 4.69) is 27.9 Å². The molecule has 6 heteroatoms. The SMILES string of the molecule is COc1ccc(N(C)c2nc(N)nc3[nH]c4cccc(C)c4c23)cc1. The number of H-pyrrole nitrogens is 1. The van der Waals surface area contributed by atoms with Crippen LogP contribution in [0.4, 0.5) is 17.5 Å². The highest BCUT2D eigenvalue weighted by Crippen LogP contribution is 2.36. The number of ether oxygens (including phenoxy) is 1. The maximum absolute atomic E-state index is 5.96. The number of nitrogens with two attached hydrogens (primary N) is 1. The highest BCUT2D eigenvalue weighted by Gasteiger charge is 2.18. The molecule has 126 valence electrons. The molecule has 0 atom stereocenters. The summed E-state index contributed by atoms with van der Waals surface area (Å²) in [6.07, 6.45) is 0. The number of hydrogen-bond donors (Lipinski definition) is 2. The third-order valence-electron chi connectivity index (χ3n) is 4.46. The van der Waals surface area contributed by atoms with Gasteiger partial charge in [0.1, 0.15) is 17.2 Å². The van der Waals surface area contributed by atoms with Gasteiger partial charge in [-0.3, -0.25) is 0 Å². The van der Waals surface area contributed by atoms with Crippen LogP contribution in [0, 0.1) is 6.92 Å². The molecular formula is C19H19N5O. The van der Waals surface area contributed by atoms with Crippen molar-refractivity contribution >= 4 is 39.4 Å². The van der Waals surface area contributed by atoms with E-state index < -0.39 is 0 Å². The van der Waals surface area contributed by atoms with Crippen LogP contribution in [0.15, 0.2) is 42.5 Å². The van der Waals surface area contributed by atoms with E-state index in [4.69, 9.17) is 10.5 Å². The van der Waals surface area contributed by atoms with Crippen LogP contribution in [-0.2, 0) is 0 Å². The van der Waals surface area contributed by atoms with E-state index in [-0.39, 0.29) is 5.95 Å². The molecule has 0 aliphatic heterocycles. The van der Waals surface area contributed by atoms with E-state index >= 15 is 0 Å². The predicted octanol–water partition coefficient (Wildman–Crippen LogP) is 3.78. The number of aromatic nitrogens is 3. The molecule has 4 rings (SSSR count). The van der Waals surface area contributed by atoms with Gasteiger partial charge in [-0.2, -0.15) is 9.97 Å². The first-order valence-electron chi connectivity index (χ1n) is 8.01. The van der Waals surface area contributed by atoms with Gasteiger partial charge in [0.05, 0.1) is 12.5 Å². The third-order valence-corrected chi connectivity index (χ3v) is 4.46. The third kappa shape index (κ3) is 2.42. The highest BCUT2D eigenvalue weighted by atomic mass is 16.5. The fourth-order valence-corrected chi connectivity index (χ4v) is 3.19. The summed E-state index contributed by atoms with van der Waals surface area (Å²) in [5.41, 5.74) is 9.88. The molecule has 0 amide bonds. The number of aryl methyl sites for hydroxylation is 1. The molecule has 0 fully saturated rings. The van der Waals surface area contributed by atoms with E-state index in [0.717, 1.165) is 39.2 Å². The van der Waals surface area contributed by atoms with Crippen LogP contribution < -0.4 is 15.4 Å². The van der Waals surface area contributed by atoms with Crippen molar-refractivity contribution < 1.29 is 4.74 Å². The first-order valence-corrected chi connectivity index (χ1v) is 8.01. The number of nitrogens with zero attached hydrogens (tertiary/aromatic N) is 3. The molecule has 0 bridgehead atoms. The van der Waals surface area contributed by atoms with Crippen molar-refractivity contribution in [3.05, 3.63) is 48.0 Å². The van der Waals surface area contributed by atoms with Gasteiger partial charge < -0.3 is 20.4 Å². The Labute approximate surface area is 145 Å². The first kappa shape index (κ1) is 15.3. The number of methoxy groups -OCH3 is 1. The zero-order valence-electron chi connectivity index (χ0n) is 14.4. The molecule has 2 aromatic carbocycles. The predicted molar refractivity (Wildman–Crippen MR) is 102 cm³/mol. The van der Waals surface area contributed by atoms with E-state index in [9.17, 15) is 0 Å². The molecule has 3 N–H and O–H groups in total. The van der Waals surface area contributed by atoms with Crippen molar-refractivity contribution in [2.45, 2.75) is 6.92 Å². The van der Waals surface area contributed by atoms with Crippen LogP contribution in [0.2, 0.25) is 0 Å². The molecule has 2 aromatic heterocycles. The minimum atomic E-state index is 0.243. The van der Waals surface area contributed by atoms with Crippen molar-refractivity contribution in [2.24, 2.45) is 0 Å². The second kappa shape index (κ2) is 5.66. The number of rotatable bonds is 3. The van der Waals surface area contributed by atoms with E-state index in [1.54, 1.807) is 7.11 Å². The lowest BCUT2D eigenvalue weighted by molar-refractivity contribution is 0.415. The fraction of sp³-hybridized carbons (Fsp3) is 0.158. The number of aromatic amines is 1. The largest absolute Gasteiger partial charge is 0.497 e. The van der Waals surface area contributed by atoms with Gasteiger partial charge in [0, 0.05) is 23.6 Å². The van der Waals surface area contributed by atoms with Crippen LogP contribution in [0.5, 0.6) is 5.75 Å². The van der Waals surface area contributed by atoms with Gasteiger partial charge in [-0.25, -0.2) is 0 Å². The van der Waals surface area contributed by atoms with Gasteiger partial charge >= 0.3 is 0 Å². The smallest absolute Gasteiger partial charge is 0.224 e. The Morgan fingerprint density at radius 3 is 2.52 bits per heavy atom. The summed E-state index contributed by atoms with van der Waals surface area (Å²) in [5.74, 6) is 1.83. The molecule has 0 spiro atoms. The Morgan fingerprint density at radius 2 is 1.80 bits per heavy atom. The summed E-state index contributed by atoms with van der Waals surface area (Å²) < 4.78 is 5.24. The molecule has 0 aliphatic carbocycles. The Hall–Kier alpha value is -3.28. The monoisotopic (exact) mass is 333 g/mol. The summed E-state index contributed by atoms with van der Waals surface area (Å²) >= 11 is 0. The molecule has 6 nitrogen and oxygen atoms in total. The van der Waals surface area contributed by atoms with Gasteiger partial charge in [-0.05, 0) is 42.8 Å². The summed E-state index contributed by atoms with van der Waals surface area (Å²) in [6.45, 7) is 2.09. The first-order chi connectivity index (χ1) is 12.1. The summed E-state index contributed by atoms with van der Waals surface area (Å²) in [7, 11) is 3.63. The molecule has 0 aliphatic rings. The van der Waals surface area contributed by atoms with Crippen LogP contribution in [-0.4, -0.2) is 29.1 Å². The van der Waals surface area contributed by atoms with Crippen LogP contribution >= 0.6 is 0 Å². The lowest BCUT2D eigenvalue weighted by Gasteiger charge is -2.20. The second-order valence-corrected chi connectivity index (χ2v) is 6.01. The molecular weight excluding hydrogens is 314 g/mol. The average molecular weight is 333 g/mol. The summed E-state index contributed by atoms with van der Waals surface area (Å²) in [6, 6.07) is 14.0. The highest BCUT2D eigenvalue weighted by molar-refractivity contribution is 6.13. The number of nitrogens with one attached hydrogen (secondary N) is 1. The standard InChI is InChI=1S/C19H19N5O/c1-11-5-4-6-14-15(11)16-17(21-14)22-19(20)23-18(16)24(2)12-7-9-13(25-3)10-8-12/h4-10H,1-3H3,(H3,20,21,22,23). The molecule has 25 heavy (non-hydrogen) atoms. The lowest BCUT2D eigenvalue weighted by Crippen LogP contribution is -2.13. The van der Waals surface area contributed by atoms with E-state index in [0.29, 0.717) is 0 Å². The van der Waals surface area contributed by atoms with Crippen molar-refractivity contribution in [1.29, 1.82) is 0 Å². The van der Waals surface area contributed by atoms with Crippen molar-refractivity contribution in [1.82, 2.24) is 15.0 Å². The van der Waals surface area contributed by atoms with Crippen LogP contribution in [0.1, 0.15) is 5.56 Å². The molecule has 4 aromatic rings. The summed E-state index contributed by atoms with van der Waals surface area (Å²) in [4.78, 5) is 14.3. The number of anilines is 3. The maximum Gasteiger partial charge on any atom is 0.224 e. The van der Waals surface area contributed by atoms with E-state index in [1.165, 1.54) is 5.56 Å². The minimum Gasteiger partial charge on any atom is -0.497 e. The number of benzene rings is 2. The van der Waals surface area contributed by atoms with Crippen LogP contribution in [0.3, 0.4) is 0 Å². The Balaban J connectivity index is 1.97. The van der Waals surface area contributed by atoms with Gasteiger partial charge in [0.15, 0.2) is 0 Å². The molecule has 0 saturated carbocycles. The quantitative estimate of drug-likeness (QED) is 0.596. The van der Waals surface area contributed by atoms with Crippen molar-refractivity contribution in [2.75, 3.05) is 24.8 Å². The minimum absolute atomic E-state index is 0.243. The Kier molecular flexibility index (Phi) is 3.46. The molecule has 0 radical (unpaired) electrons. The van der Waals surface area contributed by atoms with Gasteiger partial charge in [-0.1, -0.05) is 12.1 Å². The zero-order chi connectivity index (χ0) is 17.6. The number of nitrogen functional groups attached to an aromatic ring is 1. The molecule has 2 heterocycles. The zero-order valence-corrected chi connectivity index (χ0v) is 14.4. The number of hydrogen-bond acceptors (Lipinski definition) is 5. The van der Waals surface area contributed by atoms with Crippen molar-refractivity contribution in [3.8, 4) is 5.75 Å². The molecule has 0 saturated heterocycles. The van der Waals surface area contributed by atoms with Crippen LogP contribution in [0.25, 0.3) is 21.9 Å². The average Bonchev–Trinajstić information content (AvgIpc) is 3.00. The van der Waals surface area contributed by atoms with Crippen molar-refractivity contribution in [3.63, 3.8) is 0 Å². The lowest BCUT2D eigenvalue weighted by atomic mass is 10.1. The van der Waals surface area contributed by atoms with Gasteiger partial charge in [0.25, 0.3) is 0 Å². The van der Waals surface area contributed by atoms with Gasteiger partial charge in [-0.15, -0.1) is 0 Å².